The first-order valence-electron chi connectivity index (χ1n) is 17.4. The number of rotatable bonds is 10. The van der Waals surface area contributed by atoms with Gasteiger partial charge >= 0.3 is 5.97 Å². The molecule has 2 unspecified atom stereocenters. The van der Waals surface area contributed by atoms with Gasteiger partial charge < -0.3 is 14.1 Å². The van der Waals surface area contributed by atoms with Crippen molar-refractivity contribution >= 4 is 53.8 Å². The first kappa shape index (κ1) is 36.3. The van der Waals surface area contributed by atoms with Crippen LogP contribution in [0.25, 0.3) is 0 Å². The zero-order valence-electron chi connectivity index (χ0n) is 29.2. The van der Waals surface area contributed by atoms with Crippen LogP contribution < -0.4 is 10.4 Å². The monoisotopic (exact) mass is 731 g/mol. The van der Waals surface area contributed by atoms with Crippen molar-refractivity contribution < 1.29 is 23.1 Å². The fourth-order valence-corrected chi connectivity index (χ4v) is 13.1. The van der Waals surface area contributed by atoms with E-state index in [1.54, 1.807) is 31.2 Å². The summed E-state index contributed by atoms with van der Waals surface area (Å²) in [6.07, 6.45) is 0.923. The van der Waals surface area contributed by atoms with Gasteiger partial charge in [0.2, 0.25) is 5.91 Å². The number of nitrogens with zero attached hydrogens (tertiary/aromatic N) is 1. The number of hydrogen-bond acceptors (Lipinski definition) is 4. The number of amides is 1. The second-order valence-corrected chi connectivity index (χ2v) is 19.5. The number of hydrogen-bond donors (Lipinski definition) is 0. The number of carbonyl (C=O) groups is 2. The van der Waals surface area contributed by atoms with Crippen LogP contribution in [0.15, 0.2) is 91.0 Å². The summed E-state index contributed by atoms with van der Waals surface area (Å²) in [5, 5.41) is 2.83. The number of carbonyl (C=O) groups excluding carboxylic acids is 2. The van der Waals surface area contributed by atoms with Gasteiger partial charge in [-0.3, -0.25) is 9.59 Å². The van der Waals surface area contributed by atoms with Crippen LogP contribution in [0.5, 0.6) is 0 Å². The van der Waals surface area contributed by atoms with Crippen molar-refractivity contribution in [1.29, 1.82) is 0 Å². The van der Waals surface area contributed by atoms with E-state index in [9.17, 15) is 9.59 Å². The third kappa shape index (κ3) is 6.78. The normalized spacial score (nSPS) is 20.3. The van der Waals surface area contributed by atoms with Crippen molar-refractivity contribution in [2.24, 2.45) is 5.92 Å². The Labute approximate surface area is 305 Å². The molecule has 1 saturated carbocycles. The molecule has 1 amide bonds. The van der Waals surface area contributed by atoms with E-state index in [1.165, 1.54) is 6.07 Å². The average molecular weight is 733 g/mol. The van der Waals surface area contributed by atoms with Gasteiger partial charge in [-0.25, -0.2) is 4.39 Å². The quantitative estimate of drug-likeness (QED) is 0.121. The van der Waals surface area contributed by atoms with Crippen molar-refractivity contribution in [1.82, 2.24) is 4.90 Å². The van der Waals surface area contributed by atoms with Gasteiger partial charge in [0.25, 0.3) is 8.32 Å². The SMILES string of the molecule is CCOC(=O)C1CC1c1c(F)ccc2c1C[C@H](CO[Si](c1ccccc1)(c1ccccc1)C(C)(C)C)N(C(=O)Cc1c(Cl)cccc1Cl)[C@H]2C. The Hall–Kier alpha value is -3.49. The number of fused-ring (bicyclic) bond motifs is 1. The molecule has 0 bridgehead atoms. The van der Waals surface area contributed by atoms with Crippen LogP contribution in [0, 0.1) is 11.7 Å². The first-order chi connectivity index (χ1) is 23.9. The lowest BCUT2D eigenvalue weighted by molar-refractivity contribution is -0.144. The largest absolute Gasteiger partial charge is 0.466 e. The lowest BCUT2D eigenvalue weighted by atomic mass is 9.83. The fraction of sp³-hybridized carbons (Fsp3) is 0.366. The van der Waals surface area contributed by atoms with E-state index in [4.69, 9.17) is 32.4 Å². The number of ether oxygens (including phenoxy) is 1. The van der Waals surface area contributed by atoms with E-state index in [-0.39, 0.29) is 54.2 Å². The third-order valence-corrected chi connectivity index (χ3v) is 16.1. The summed E-state index contributed by atoms with van der Waals surface area (Å²) in [5.74, 6) is -1.41. The van der Waals surface area contributed by atoms with Crippen LogP contribution in [-0.2, 0) is 31.6 Å². The predicted molar refractivity (Wildman–Crippen MR) is 200 cm³/mol. The molecule has 0 spiro atoms. The second-order valence-electron chi connectivity index (χ2n) is 14.4. The van der Waals surface area contributed by atoms with Crippen LogP contribution in [0.4, 0.5) is 4.39 Å². The van der Waals surface area contributed by atoms with Gasteiger partial charge in [-0.05, 0) is 82.6 Å². The van der Waals surface area contributed by atoms with E-state index in [0.29, 0.717) is 34.0 Å². The standard InChI is InChI=1S/C41H44Cl2FNO4Si/c1-6-48-40(47)33-23-32(33)39-31-22-27(25-49-50(41(3,4)5,28-14-9-7-10-15-28)29-16-11-8-12-17-29)45(26(2)30(31)20-21-37(39)44)38(46)24-34-35(42)18-13-19-36(34)43/h7-21,26-27,32-33H,6,22-25H2,1-5H3/t26-,27+,32?,33?/m0/s1. The Balaban J connectivity index is 1.44. The van der Waals surface area contributed by atoms with Crippen LogP contribution in [0.1, 0.15) is 75.3 Å². The Morgan fingerprint density at radius 3 is 2.06 bits per heavy atom. The molecule has 1 heterocycles. The summed E-state index contributed by atoms with van der Waals surface area (Å²) in [7, 11) is -2.99. The summed E-state index contributed by atoms with van der Waals surface area (Å²) >= 11 is 13.1. The van der Waals surface area contributed by atoms with Crippen LogP contribution >= 0.6 is 23.2 Å². The van der Waals surface area contributed by atoms with Gasteiger partial charge in [-0.2, -0.15) is 0 Å². The fourth-order valence-electron chi connectivity index (χ4n) is 7.98. The molecule has 0 N–H and O–H groups in total. The maximum absolute atomic E-state index is 15.9. The highest BCUT2D eigenvalue weighted by Gasteiger charge is 2.52. The maximum atomic E-state index is 15.9. The number of esters is 1. The third-order valence-electron chi connectivity index (χ3n) is 10.4. The van der Waals surface area contributed by atoms with Gasteiger partial charge in [0.15, 0.2) is 0 Å². The van der Waals surface area contributed by atoms with E-state index < -0.39 is 20.4 Å². The van der Waals surface area contributed by atoms with Crippen LogP contribution in [-0.4, -0.2) is 44.3 Å². The lowest BCUT2D eigenvalue weighted by Crippen LogP contribution is -2.67. The van der Waals surface area contributed by atoms with Gasteiger partial charge in [-0.1, -0.05) is 117 Å². The summed E-state index contributed by atoms with van der Waals surface area (Å²) < 4.78 is 28.6. The topological polar surface area (TPSA) is 55.8 Å². The molecular weight excluding hydrogens is 688 g/mol. The molecule has 0 radical (unpaired) electrons. The predicted octanol–water partition coefficient (Wildman–Crippen LogP) is 8.43. The molecule has 50 heavy (non-hydrogen) atoms. The second kappa shape index (κ2) is 14.6. The highest BCUT2D eigenvalue weighted by Crippen LogP contribution is 2.52. The Bertz CT molecular complexity index is 1810. The molecule has 5 nitrogen and oxygen atoms in total. The van der Waals surface area contributed by atoms with E-state index in [0.717, 1.165) is 21.5 Å². The molecule has 4 aromatic carbocycles. The molecule has 2 aliphatic rings. The molecule has 9 heteroatoms. The van der Waals surface area contributed by atoms with Crippen molar-refractivity contribution in [3.05, 3.63) is 129 Å². The minimum Gasteiger partial charge on any atom is -0.466 e. The van der Waals surface area contributed by atoms with E-state index >= 15 is 4.39 Å². The molecule has 4 atom stereocenters. The van der Waals surface area contributed by atoms with E-state index in [1.807, 2.05) is 48.2 Å². The molecule has 4 aromatic rings. The van der Waals surface area contributed by atoms with Crippen LogP contribution in [0.3, 0.4) is 0 Å². The van der Waals surface area contributed by atoms with Gasteiger partial charge in [-0.15, -0.1) is 0 Å². The Morgan fingerprint density at radius 1 is 0.900 bits per heavy atom. The zero-order chi connectivity index (χ0) is 35.8. The van der Waals surface area contributed by atoms with Gasteiger partial charge in [0, 0.05) is 16.0 Å². The Morgan fingerprint density at radius 2 is 1.50 bits per heavy atom. The highest BCUT2D eigenvalue weighted by atomic mass is 35.5. The minimum atomic E-state index is -2.99. The Kier molecular flexibility index (Phi) is 10.6. The van der Waals surface area contributed by atoms with Crippen LogP contribution in [0.2, 0.25) is 15.1 Å². The summed E-state index contributed by atoms with van der Waals surface area (Å²) in [6.45, 7) is 10.9. The highest BCUT2D eigenvalue weighted by molar-refractivity contribution is 6.99. The molecular formula is C41H44Cl2FNO4Si. The summed E-state index contributed by atoms with van der Waals surface area (Å²) in [5.41, 5.74) is 2.85. The average Bonchev–Trinajstić information content (AvgIpc) is 3.88. The molecule has 262 valence electrons. The summed E-state index contributed by atoms with van der Waals surface area (Å²) in [4.78, 5) is 29.1. The minimum absolute atomic E-state index is 0.00943. The molecule has 0 aromatic heterocycles. The zero-order valence-corrected chi connectivity index (χ0v) is 31.7. The van der Waals surface area contributed by atoms with Crippen molar-refractivity contribution in [3.63, 3.8) is 0 Å². The molecule has 1 fully saturated rings. The van der Waals surface area contributed by atoms with Crippen molar-refractivity contribution in [3.8, 4) is 0 Å². The molecule has 0 saturated heterocycles. The molecule has 1 aliphatic heterocycles. The molecule has 6 rings (SSSR count). The maximum Gasteiger partial charge on any atom is 0.309 e. The van der Waals surface area contributed by atoms with Crippen molar-refractivity contribution in [2.75, 3.05) is 13.2 Å². The van der Waals surface area contributed by atoms with Crippen molar-refractivity contribution in [2.45, 2.75) is 76.9 Å². The lowest BCUT2D eigenvalue weighted by Gasteiger charge is -2.47. The first-order valence-corrected chi connectivity index (χ1v) is 20.0. The van der Waals surface area contributed by atoms with Gasteiger partial charge in [0.05, 0.1) is 37.6 Å². The molecule has 1 aliphatic carbocycles. The summed E-state index contributed by atoms with van der Waals surface area (Å²) in [6, 6.07) is 28.4. The van der Waals surface area contributed by atoms with Gasteiger partial charge in [0.1, 0.15) is 5.82 Å². The smallest absolute Gasteiger partial charge is 0.309 e. The number of halogens is 3. The number of benzene rings is 4. The van der Waals surface area contributed by atoms with E-state index in [2.05, 4.69) is 45.0 Å².